The van der Waals surface area contributed by atoms with Gasteiger partial charge < -0.3 is 41.4 Å². The number of aromatic nitrogens is 2. The van der Waals surface area contributed by atoms with Gasteiger partial charge in [-0.1, -0.05) is 0 Å². The van der Waals surface area contributed by atoms with Crippen LogP contribution >= 0.6 is 0 Å². The van der Waals surface area contributed by atoms with Gasteiger partial charge in [0.1, 0.15) is 28.5 Å². The molecule has 1 aromatic heterocycles. The van der Waals surface area contributed by atoms with E-state index in [1.54, 1.807) is 25.1 Å². The summed E-state index contributed by atoms with van der Waals surface area (Å²) in [6.45, 7) is -0.232. The van der Waals surface area contributed by atoms with Gasteiger partial charge in [-0.2, -0.15) is 13.2 Å². The lowest BCUT2D eigenvalue weighted by atomic mass is 9.59. The van der Waals surface area contributed by atoms with Crippen LogP contribution in [0.15, 0.2) is 29.2 Å². The van der Waals surface area contributed by atoms with Crippen LogP contribution in [0.5, 0.6) is 5.75 Å². The second-order valence-electron chi connectivity index (χ2n) is 10.6. The largest absolute Gasteiger partial charge is 0.508 e. The Hall–Kier alpha value is -4.53. The molecule has 3 aliphatic rings. The van der Waals surface area contributed by atoms with Crippen LogP contribution in [0.25, 0.3) is 5.76 Å². The van der Waals surface area contributed by atoms with E-state index in [-0.39, 0.29) is 42.0 Å². The number of benzene rings is 1. The normalized spacial score (nSPS) is 24.1. The van der Waals surface area contributed by atoms with E-state index in [1.165, 1.54) is 0 Å². The zero-order valence-electron chi connectivity index (χ0n) is 21.8. The van der Waals surface area contributed by atoms with Gasteiger partial charge in [-0.25, -0.2) is 4.98 Å². The summed E-state index contributed by atoms with van der Waals surface area (Å²) < 4.78 is 38.8. The maximum atomic E-state index is 13.7. The number of aliphatic hydroxyl groups excluding tert-OH is 2. The van der Waals surface area contributed by atoms with E-state index in [1.807, 2.05) is 0 Å². The molecule has 5 rings (SSSR count). The summed E-state index contributed by atoms with van der Waals surface area (Å²) in [4.78, 5) is 45.4. The van der Waals surface area contributed by atoms with E-state index < -0.39 is 76.0 Å². The minimum Gasteiger partial charge on any atom is -0.508 e. The van der Waals surface area contributed by atoms with Crippen LogP contribution in [0.1, 0.15) is 35.2 Å². The minimum absolute atomic E-state index is 0.0140. The molecule has 1 amide bonds. The number of rotatable bonds is 5. The van der Waals surface area contributed by atoms with E-state index in [2.05, 4.69) is 15.3 Å². The van der Waals surface area contributed by atoms with Crippen molar-refractivity contribution in [3.05, 3.63) is 51.6 Å². The number of halogens is 3. The average molecular weight is 578 g/mol. The first-order valence-electron chi connectivity index (χ1n) is 12.5. The van der Waals surface area contributed by atoms with Crippen molar-refractivity contribution in [1.29, 1.82) is 0 Å². The molecule has 3 aliphatic carbocycles. The van der Waals surface area contributed by atoms with Gasteiger partial charge in [0.25, 0.3) is 5.91 Å². The third-order valence-electron chi connectivity index (χ3n) is 7.93. The van der Waals surface area contributed by atoms with E-state index in [0.717, 1.165) is 0 Å². The number of nitrogens with one attached hydrogen (secondary N) is 2. The number of phenols is 1. The molecular formula is C26H26F3N5O7. The first kappa shape index (κ1) is 28.0. The number of anilines is 2. The van der Waals surface area contributed by atoms with Gasteiger partial charge in [0.15, 0.2) is 11.4 Å². The minimum atomic E-state index is -4.64. The molecule has 0 spiro atoms. The lowest BCUT2D eigenvalue weighted by molar-refractivity contribution is -0.147. The predicted octanol–water partition coefficient (Wildman–Crippen LogP) is 1.84. The second-order valence-corrected chi connectivity index (χ2v) is 10.6. The summed E-state index contributed by atoms with van der Waals surface area (Å²) in [5, 5.41) is 47.3. The zero-order chi connectivity index (χ0) is 30.2. The summed E-state index contributed by atoms with van der Waals surface area (Å²) >= 11 is 0. The fourth-order valence-corrected chi connectivity index (χ4v) is 5.99. The number of hydrogen-bond donors (Lipinski definition) is 7. The van der Waals surface area contributed by atoms with E-state index >= 15 is 0 Å². The number of primary amides is 1. The number of imidazole rings is 1. The number of alkyl halides is 3. The molecule has 1 saturated carbocycles. The van der Waals surface area contributed by atoms with Crippen LogP contribution in [0.4, 0.5) is 24.8 Å². The molecule has 1 aromatic carbocycles. The number of carbonyl (C=O) groups is 3. The number of nitrogens with zero attached hydrogens (tertiary/aromatic N) is 2. The Morgan fingerprint density at radius 3 is 2.51 bits per heavy atom. The molecule has 0 saturated heterocycles. The monoisotopic (exact) mass is 577 g/mol. The van der Waals surface area contributed by atoms with Crippen molar-refractivity contribution in [2.24, 2.45) is 17.6 Å². The number of carbonyl (C=O) groups excluding carboxylic acids is 3. The van der Waals surface area contributed by atoms with Crippen LogP contribution in [0.2, 0.25) is 0 Å². The molecule has 12 nitrogen and oxygen atoms in total. The summed E-state index contributed by atoms with van der Waals surface area (Å²) in [6, 6.07) is 1.58. The van der Waals surface area contributed by atoms with Crippen molar-refractivity contribution in [2.75, 3.05) is 24.3 Å². The number of aromatic amines is 1. The van der Waals surface area contributed by atoms with Crippen molar-refractivity contribution in [2.45, 2.75) is 37.6 Å². The smallest absolute Gasteiger partial charge is 0.432 e. The molecule has 8 N–H and O–H groups in total. The number of ketones is 2. The van der Waals surface area contributed by atoms with Gasteiger partial charge in [0.2, 0.25) is 11.7 Å². The zero-order valence-corrected chi connectivity index (χ0v) is 21.8. The molecule has 2 aromatic rings. The van der Waals surface area contributed by atoms with Gasteiger partial charge >= 0.3 is 6.18 Å². The van der Waals surface area contributed by atoms with Crippen molar-refractivity contribution >= 4 is 34.9 Å². The van der Waals surface area contributed by atoms with E-state index in [4.69, 9.17) is 5.73 Å². The van der Waals surface area contributed by atoms with Gasteiger partial charge in [-0.05, 0) is 30.4 Å². The predicted molar refractivity (Wildman–Crippen MR) is 137 cm³/mol. The highest BCUT2D eigenvalue weighted by molar-refractivity contribution is 6.22. The maximum absolute atomic E-state index is 13.7. The third-order valence-corrected chi connectivity index (χ3v) is 7.93. The fraction of sp³-hybridized carbons (Fsp3) is 0.385. The lowest BCUT2D eigenvalue weighted by Gasteiger charge is -2.46. The van der Waals surface area contributed by atoms with Gasteiger partial charge in [0, 0.05) is 49.8 Å². The van der Waals surface area contributed by atoms with Gasteiger partial charge in [-0.15, -0.1) is 0 Å². The fourth-order valence-electron chi connectivity index (χ4n) is 5.99. The summed E-state index contributed by atoms with van der Waals surface area (Å²) in [5.74, 6) is -7.59. The lowest BCUT2D eigenvalue weighted by Crippen LogP contribution is -2.58. The average Bonchev–Trinajstić information content (AvgIpc) is 3.35. The number of aromatic hydroxyl groups is 1. The first-order valence-corrected chi connectivity index (χ1v) is 12.5. The second kappa shape index (κ2) is 9.26. The Labute approximate surface area is 230 Å². The van der Waals surface area contributed by atoms with Crippen LogP contribution in [-0.2, 0) is 33.5 Å². The molecule has 0 radical (unpaired) electrons. The molecule has 15 heteroatoms. The van der Waals surface area contributed by atoms with Crippen molar-refractivity contribution in [1.82, 2.24) is 9.97 Å². The molecule has 0 unspecified atom stereocenters. The molecule has 3 atom stereocenters. The van der Waals surface area contributed by atoms with Crippen LogP contribution in [-0.4, -0.2) is 67.6 Å². The van der Waals surface area contributed by atoms with Crippen molar-refractivity contribution in [3.63, 3.8) is 0 Å². The number of hydrogen-bond acceptors (Lipinski definition) is 10. The molecule has 1 heterocycles. The molecule has 218 valence electrons. The number of amides is 1. The number of fused-ring (bicyclic) bond motifs is 3. The Morgan fingerprint density at radius 1 is 1.24 bits per heavy atom. The van der Waals surface area contributed by atoms with Crippen molar-refractivity contribution in [3.8, 4) is 5.75 Å². The number of aliphatic hydroxyl groups is 3. The van der Waals surface area contributed by atoms with Gasteiger partial charge in [-0.3, -0.25) is 14.4 Å². The third kappa shape index (κ3) is 4.18. The summed E-state index contributed by atoms with van der Waals surface area (Å²) in [5.41, 5.74) is 1.25. The molecular weight excluding hydrogens is 551 g/mol. The molecule has 1 fully saturated rings. The highest BCUT2D eigenvalue weighted by Crippen LogP contribution is 2.53. The van der Waals surface area contributed by atoms with E-state index in [0.29, 0.717) is 17.4 Å². The number of phenolic OH excluding ortho intramolecular Hbond substituents is 1. The topological polar surface area (TPSA) is 202 Å². The van der Waals surface area contributed by atoms with Crippen LogP contribution in [0, 0.1) is 11.8 Å². The number of H-pyrrole nitrogens is 1. The Morgan fingerprint density at radius 2 is 1.93 bits per heavy atom. The maximum Gasteiger partial charge on any atom is 0.432 e. The van der Waals surface area contributed by atoms with Crippen LogP contribution < -0.4 is 16.0 Å². The molecule has 0 aliphatic heterocycles. The van der Waals surface area contributed by atoms with E-state index in [9.17, 15) is 48.0 Å². The highest BCUT2D eigenvalue weighted by Gasteiger charge is 2.60. The summed E-state index contributed by atoms with van der Waals surface area (Å²) in [7, 11) is 3.39. The SMILES string of the molecule is CN(C)c1cc(CNc2ncc(C(F)(F)F)[nH]2)c(O)c2c1C[C@H]1C[C@H]3CC(=O)C(C(N)=O)=C(O)[C@@]3(O)C(=O)C1=C2O. The number of Topliss-reactive ketones (excluding diaryl/α,β-unsaturated/α-hetero) is 2. The summed E-state index contributed by atoms with van der Waals surface area (Å²) in [6.07, 6.45) is -4.37. The molecule has 0 bridgehead atoms. The number of nitrogens with two attached hydrogens (primary N) is 1. The van der Waals surface area contributed by atoms with Crippen molar-refractivity contribution < 1.29 is 48.0 Å². The molecule has 41 heavy (non-hydrogen) atoms. The Bertz CT molecular complexity index is 1580. The van der Waals surface area contributed by atoms with Crippen LogP contribution in [0.3, 0.4) is 0 Å². The Balaban J connectivity index is 1.59. The van der Waals surface area contributed by atoms with Gasteiger partial charge in [0.05, 0.1) is 11.8 Å². The highest BCUT2D eigenvalue weighted by atomic mass is 19.4. The quantitative estimate of drug-likeness (QED) is 0.257. The first-order chi connectivity index (χ1) is 19.1. The standard InChI is InChI=1S/C26H26F3N5O7/c1-34(2)13-5-10(7-31-24-32-8-15(33-24)26(27,28)29)19(36)17-12(13)4-9-3-11-6-14(35)18(23(30)40)22(39)25(11,41)21(38)16(9)20(17)37/h5,8-9,11,36-37,39,41H,3-4,6-7H2,1-2H3,(H2,30,40)(H2,31,32,33)/t9-,11+,25+/m1/s1. The Kier molecular flexibility index (Phi) is 6.33.